The quantitative estimate of drug-likeness (QED) is 0.744. The van der Waals surface area contributed by atoms with Gasteiger partial charge in [0.2, 0.25) is 0 Å². The number of carbonyl (C=O) groups is 1. The second-order valence-electron chi connectivity index (χ2n) is 3.97. The van der Waals surface area contributed by atoms with Crippen molar-refractivity contribution in [1.82, 2.24) is 0 Å². The van der Waals surface area contributed by atoms with Crippen LogP contribution in [0.3, 0.4) is 0 Å². The lowest BCUT2D eigenvalue weighted by Crippen LogP contribution is -2.10. The molecule has 0 N–H and O–H groups in total. The van der Waals surface area contributed by atoms with Crippen LogP contribution in [-0.2, 0) is 0 Å². The highest BCUT2D eigenvalue weighted by Crippen LogP contribution is 2.29. The average molecular weight is 271 g/mol. The van der Waals surface area contributed by atoms with Crippen molar-refractivity contribution in [3.05, 3.63) is 34.1 Å². The van der Waals surface area contributed by atoms with E-state index in [-0.39, 0.29) is 17.5 Å². The van der Waals surface area contributed by atoms with Crippen LogP contribution in [0.2, 0.25) is 0 Å². The van der Waals surface area contributed by atoms with Crippen LogP contribution in [0.25, 0.3) is 0 Å². The molecule has 2 rings (SSSR count). The third-order valence-corrected chi connectivity index (χ3v) is 3.54. The minimum atomic E-state index is -0.321. The maximum absolute atomic E-state index is 13.0. The molecule has 1 fully saturated rings. The van der Waals surface area contributed by atoms with Gasteiger partial charge in [-0.3, -0.25) is 4.79 Å². The zero-order chi connectivity index (χ0) is 10.8. The minimum absolute atomic E-state index is 0.155. The standard InChI is InChI=1S/C12H12BrFO/c13-10-7-9(5-6-11(10)14)12(15)8-3-1-2-4-8/h5-8H,1-4H2. The Labute approximate surface area is 96.8 Å². The number of rotatable bonds is 2. The van der Waals surface area contributed by atoms with Gasteiger partial charge in [-0.1, -0.05) is 12.8 Å². The highest BCUT2D eigenvalue weighted by molar-refractivity contribution is 9.10. The van der Waals surface area contributed by atoms with Gasteiger partial charge in [0.1, 0.15) is 5.82 Å². The normalized spacial score (nSPS) is 16.9. The van der Waals surface area contributed by atoms with Crippen molar-refractivity contribution in [2.45, 2.75) is 25.7 Å². The molecule has 1 nitrogen and oxygen atoms in total. The van der Waals surface area contributed by atoms with Crippen molar-refractivity contribution in [2.75, 3.05) is 0 Å². The first kappa shape index (κ1) is 10.8. The molecular weight excluding hydrogens is 259 g/mol. The van der Waals surface area contributed by atoms with Crippen LogP contribution in [-0.4, -0.2) is 5.78 Å². The van der Waals surface area contributed by atoms with Gasteiger partial charge in [-0.25, -0.2) is 4.39 Å². The molecule has 0 atom stereocenters. The zero-order valence-electron chi connectivity index (χ0n) is 8.30. The fourth-order valence-electron chi connectivity index (χ4n) is 2.07. The first-order valence-corrected chi connectivity index (χ1v) is 5.97. The van der Waals surface area contributed by atoms with Crippen molar-refractivity contribution < 1.29 is 9.18 Å². The molecule has 0 heterocycles. The molecule has 80 valence electrons. The number of ketones is 1. The molecule has 3 heteroatoms. The summed E-state index contributed by atoms with van der Waals surface area (Å²) in [6.07, 6.45) is 4.24. The van der Waals surface area contributed by atoms with Gasteiger partial charge in [0.05, 0.1) is 4.47 Å². The smallest absolute Gasteiger partial charge is 0.165 e. The molecule has 0 radical (unpaired) electrons. The SMILES string of the molecule is O=C(c1ccc(F)c(Br)c1)C1CCCC1. The fourth-order valence-corrected chi connectivity index (χ4v) is 2.45. The number of halogens is 2. The van der Waals surface area contributed by atoms with Crippen molar-refractivity contribution >= 4 is 21.7 Å². The molecule has 1 saturated carbocycles. The van der Waals surface area contributed by atoms with Crippen LogP contribution < -0.4 is 0 Å². The number of benzene rings is 1. The minimum Gasteiger partial charge on any atom is -0.294 e. The largest absolute Gasteiger partial charge is 0.294 e. The molecule has 0 amide bonds. The third kappa shape index (κ3) is 2.28. The average Bonchev–Trinajstić information content (AvgIpc) is 2.74. The second-order valence-corrected chi connectivity index (χ2v) is 4.83. The van der Waals surface area contributed by atoms with Crippen LogP contribution in [0.5, 0.6) is 0 Å². The fraction of sp³-hybridized carbons (Fsp3) is 0.417. The summed E-state index contributed by atoms with van der Waals surface area (Å²) in [4.78, 5) is 12.0. The Kier molecular flexibility index (Phi) is 3.19. The van der Waals surface area contributed by atoms with Crippen LogP contribution >= 0.6 is 15.9 Å². The van der Waals surface area contributed by atoms with E-state index in [4.69, 9.17) is 0 Å². The molecule has 0 aliphatic heterocycles. The lowest BCUT2D eigenvalue weighted by atomic mass is 9.96. The Morgan fingerprint density at radius 3 is 2.60 bits per heavy atom. The Morgan fingerprint density at radius 2 is 2.00 bits per heavy atom. The lowest BCUT2D eigenvalue weighted by molar-refractivity contribution is 0.0923. The highest BCUT2D eigenvalue weighted by Gasteiger charge is 2.23. The maximum atomic E-state index is 13.0. The van der Waals surface area contributed by atoms with E-state index in [1.807, 2.05) is 0 Å². The summed E-state index contributed by atoms with van der Waals surface area (Å²) in [5, 5.41) is 0. The summed E-state index contributed by atoms with van der Waals surface area (Å²) in [6.45, 7) is 0. The van der Waals surface area contributed by atoms with Crippen LogP contribution in [0.15, 0.2) is 22.7 Å². The predicted octanol–water partition coefficient (Wildman–Crippen LogP) is 3.96. The van der Waals surface area contributed by atoms with E-state index < -0.39 is 0 Å². The molecule has 15 heavy (non-hydrogen) atoms. The predicted molar refractivity (Wildman–Crippen MR) is 60.4 cm³/mol. The van der Waals surface area contributed by atoms with Gasteiger partial charge in [0.25, 0.3) is 0 Å². The second kappa shape index (κ2) is 4.44. The van der Waals surface area contributed by atoms with Gasteiger partial charge < -0.3 is 0 Å². The molecule has 1 aliphatic rings. The van der Waals surface area contributed by atoms with E-state index >= 15 is 0 Å². The summed E-state index contributed by atoms with van der Waals surface area (Å²) in [6, 6.07) is 4.49. The van der Waals surface area contributed by atoms with Crippen molar-refractivity contribution in [1.29, 1.82) is 0 Å². The number of carbonyl (C=O) groups excluding carboxylic acids is 1. The molecule has 0 bridgehead atoms. The van der Waals surface area contributed by atoms with E-state index in [9.17, 15) is 9.18 Å². The Bertz CT molecular complexity index is 383. The zero-order valence-corrected chi connectivity index (χ0v) is 9.89. The Morgan fingerprint density at radius 1 is 1.33 bits per heavy atom. The first-order valence-electron chi connectivity index (χ1n) is 5.18. The van der Waals surface area contributed by atoms with Crippen LogP contribution in [0.1, 0.15) is 36.0 Å². The van der Waals surface area contributed by atoms with Crippen molar-refractivity contribution in [2.24, 2.45) is 5.92 Å². The third-order valence-electron chi connectivity index (χ3n) is 2.93. The number of hydrogen-bond acceptors (Lipinski definition) is 1. The summed E-state index contributed by atoms with van der Waals surface area (Å²) in [7, 11) is 0. The molecule has 0 unspecified atom stereocenters. The van der Waals surface area contributed by atoms with Crippen molar-refractivity contribution in [3.63, 3.8) is 0 Å². The summed E-state index contributed by atoms with van der Waals surface area (Å²) >= 11 is 3.10. The van der Waals surface area contributed by atoms with Crippen LogP contribution in [0, 0.1) is 11.7 Å². The molecular formula is C12H12BrFO. The molecule has 0 aromatic heterocycles. The molecule has 1 aromatic rings. The van der Waals surface area contributed by atoms with Gasteiger partial charge >= 0.3 is 0 Å². The van der Waals surface area contributed by atoms with Crippen molar-refractivity contribution in [3.8, 4) is 0 Å². The molecule has 0 spiro atoms. The lowest BCUT2D eigenvalue weighted by Gasteiger charge is -2.08. The molecule has 1 aromatic carbocycles. The van der Waals surface area contributed by atoms with E-state index in [0.717, 1.165) is 25.7 Å². The van der Waals surface area contributed by atoms with E-state index in [1.165, 1.54) is 6.07 Å². The Hall–Kier alpha value is -0.700. The maximum Gasteiger partial charge on any atom is 0.165 e. The highest BCUT2D eigenvalue weighted by atomic mass is 79.9. The Balaban J connectivity index is 2.21. The van der Waals surface area contributed by atoms with Gasteiger partial charge in [-0.05, 0) is 47.0 Å². The first-order chi connectivity index (χ1) is 7.18. The van der Waals surface area contributed by atoms with E-state index in [1.54, 1.807) is 12.1 Å². The summed E-state index contributed by atoms with van der Waals surface area (Å²) < 4.78 is 13.3. The van der Waals surface area contributed by atoms with E-state index in [0.29, 0.717) is 10.0 Å². The number of Topliss-reactive ketones (excluding diaryl/α,β-unsaturated/α-hetero) is 1. The monoisotopic (exact) mass is 270 g/mol. The van der Waals surface area contributed by atoms with Crippen LogP contribution in [0.4, 0.5) is 4.39 Å². The van der Waals surface area contributed by atoms with Gasteiger partial charge in [-0.15, -0.1) is 0 Å². The summed E-state index contributed by atoms with van der Waals surface area (Å²) in [5.41, 5.74) is 0.621. The topological polar surface area (TPSA) is 17.1 Å². The molecule has 0 saturated heterocycles. The van der Waals surface area contributed by atoms with Gasteiger partial charge in [0, 0.05) is 11.5 Å². The number of hydrogen-bond donors (Lipinski definition) is 0. The van der Waals surface area contributed by atoms with Gasteiger partial charge in [-0.2, -0.15) is 0 Å². The van der Waals surface area contributed by atoms with E-state index in [2.05, 4.69) is 15.9 Å². The summed E-state index contributed by atoms with van der Waals surface area (Å²) in [5.74, 6) is -0.00599. The van der Waals surface area contributed by atoms with Gasteiger partial charge in [0.15, 0.2) is 5.78 Å². The molecule has 1 aliphatic carbocycles.